The third-order valence-electron chi connectivity index (χ3n) is 2.83. The second-order valence-electron chi connectivity index (χ2n) is 5.18. The summed E-state index contributed by atoms with van der Waals surface area (Å²) in [6, 6.07) is 6.47. The average molecular weight is 271 g/mol. The molecule has 20 heavy (non-hydrogen) atoms. The number of nitrogens with zero attached hydrogens (tertiary/aromatic N) is 2. The first-order valence-electron chi connectivity index (χ1n) is 6.85. The summed E-state index contributed by atoms with van der Waals surface area (Å²) in [4.78, 5) is 8.52. The molecule has 0 saturated carbocycles. The monoisotopic (exact) mass is 271 g/mol. The van der Waals surface area contributed by atoms with Crippen LogP contribution in [0.15, 0.2) is 36.8 Å². The maximum atomic E-state index is 5.70. The van der Waals surface area contributed by atoms with Crippen LogP contribution in [0.4, 0.5) is 0 Å². The first-order valence-corrected chi connectivity index (χ1v) is 6.85. The first-order chi connectivity index (χ1) is 9.63. The molecule has 0 aromatic carbocycles. The topological polar surface area (TPSA) is 47.0 Å². The van der Waals surface area contributed by atoms with Crippen molar-refractivity contribution in [1.29, 1.82) is 0 Å². The van der Waals surface area contributed by atoms with Gasteiger partial charge in [0, 0.05) is 30.5 Å². The van der Waals surface area contributed by atoms with Crippen molar-refractivity contribution in [3.8, 4) is 5.75 Å². The summed E-state index contributed by atoms with van der Waals surface area (Å²) in [5.41, 5.74) is 3.22. The molecule has 0 aliphatic carbocycles. The zero-order valence-electron chi connectivity index (χ0n) is 12.3. The molecule has 1 N–H and O–H groups in total. The molecular formula is C16H21N3O. The molecule has 0 spiro atoms. The lowest BCUT2D eigenvalue weighted by molar-refractivity contribution is 0.304. The van der Waals surface area contributed by atoms with E-state index in [4.69, 9.17) is 4.74 Å². The Hall–Kier alpha value is -1.94. The van der Waals surface area contributed by atoms with Gasteiger partial charge in [-0.1, -0.05) is 13.8 Å². The van der Waals surface area contributed by atoms with Crippen molar-refractivity contribution in [3.05, 3.63) is 53.6 Å². The van der Waals surface area contributed by atoms with Crippen molar-refractivity contribution in [2.45, 2.75) is 40.0 Å². The summed E-state index contributed by atoms with van der Waals surface area (Å²) in [5, 5.41) is 3.33. The van der Waals surface area contributed by atoms with Crippen LogP contribution >= 0.6 is 0 Å². The molecule has 0 amide bonds. The maximum Gasteiger partial charge on any atom is 0.138 e. The van der Waals surface area contributed by atoms with Crippen molar-refractivity contribution < 1.29 is 4.74 Å². The lowest BCUT2D eigenvalue weighted by atomic mass is 10.2. The van der Waals surface area contributed by atoms with Gasteiger partial charge >= 0.3 is 0 Å². The summed E-state index contributed by atoms with van der Waals surface area (Å²) >= 11 is 0. The molecular weight excluding hydrogens is 250 g/mol. The van der Waals surface area contributed by atoms with Crippen LogP contribution in [0.3, 0.4) is 0 Å². The van der Waals surface area contributed by atoms with Gasteiger partial charge in [0.15, 0.2) is 0 Å². The van der Waals surface area contributed by atoms with Crippen LogP contribution < -0.4 is 10.1 Å². The summed E-state index contributed by atoms with van der Waals surface area (Å²) in [6.07, 6.45) is 5.42. The Balaban J connectivity index is 1.87. The largest absolute Gasteiger partial charge is 0.487 e. The van der Waals surface area contributed by atoms with Gasteiger partial charge in [-0.25, -0.2) is 0 Å². The second-order valence-corrected chi connectivity index (χ2v) is 5.18. The summed E-state index contributed by atoms with van der Waals surface area (Å²) in [7, 11) is 0. The fraction of sp³-hybridized carbons (Fsp3) is 0.375. The molecule has 0 saturated heterocycles. The molecule has 2 aromatic heterocycles. The maximum absolute atomic E-state index is 5.70. The molecule has 0 radical (unpaired) electrons. The van der Waals surface area contributed by atoms with E-state index < -0.39 is 0 Å². The van der Waals surface area contributed by atoms with Crippen molar-refractivity contribution in [1.82, 2.24) is 15.3 Å². The minimum absolute atomic E-state index is 0.460. The van der Waals surface area contributed by atoms with E-state index in [-0.39, 0.29) is 0 Å². The van der Waals surface area contributed by atoms with Gasteiger partial charge in [-0.3, -0.25) is 9.97 Å². The van der Waals surface area contributed by atoms with Gasteiger partial charge in [0.25, 0.3) is 0 Å². The first kappa shape index (κ1) is 14.5. The Kier molecular flexibility index (Phi) is 5.07. The standard InChI is InChI=1S/C16H21N3O/c1-12(2)18-9-15-4-5-16(10-19-15)20-11-14-6-13(3)7-17-8-14/h4-8,10,12,18H,9,11H2,1-3H3. The Morgan fingerprint density at radius 2 is 2.05 bits per heavy atom. The number of aryl methyl sites for hydroxylation is 1. The highest BCUT2D eigenvalue weighted by Crippen LogP contribution is 2.12. The molecule has 0 unspecified atom stereocenters. The van der Waals surface area contributed by atoms with Crippen molar-refractivity contribution in [2.75, 3.05) is 0 Å². The van der Waals surface area contributed by atoms with Gasteiger partial charge in [-0.2, -0.15) is 0 Å². The molecule has 2 aromatic rings. The number of hydrogen-bond acceptors (Lipinski definition) is 4. The van der Waals surface area contributed by atoms with Gasteiger partial charge in [0.05, 0.1) is 11.9 Å². The minimum Gasteiger partial charge on any atom is -0.487 e. The van der Waals surface area contributed by atoms with Gasteiger partial charge < -0.3 is 10.1 Å². The molecule has 2 rings (SSSR count). The molecule has 0 aliphatic heterocycles. The number of hydrogen-bond donors (Lipinski definition) is 1. The van der Waals surface area contributed by atoms with Crippen LogP contribution in [0.1, 0.15) is 30.7 Å². The van der Waals surface area contributed by atoms with E-state index in [1.54, 1.807) is 6.20 Å². The van der Waals surface area contributed by atoms with Gasteiger partial charge in [0.1, 0.15) is 12.4 Å². The summed E-state index contributed by atoms with van der Waals surface area (Å²) < 4.78 is 5.70. The lowest BCUT2D eigenvalue weighted by Crippen LogP contribution is -2.22. The fourth-order valence-electron chi connectivity index (χ4n) is 1.77. The molecule has 0 aliphatic rings. The predicted octanol–water partition coefficient (Wildman–Crippen LogP) is 2.86. The number of ether oxygens (including phenoxy) is 1. The van der Waals surface area contributed by atoms with E-state index in [1.807, 2.05) is 31.5 Å². The molecule has 0 fully saturated rings. The van der Waals surface area contributed by atoms with E-state index in [0.29, 0.717) is 12.6 Å². The molecule has 4 nitrogen and oxygen atoms in total. The van der Waals surface area contributed by atoms with E-state index in [1.165, 1.54) is 0 Å². The normalized spacial score (nSPS) is 10.8. The Bertz CT molecular complexity index is 538. The van der Waals surface area contributed by atoms with Crippen LogP contribution in [0.5, 0.6) is 5.75 Å². The Morgan fingerprint density at radius 3 is 2.70 bits per heavy atom. The quantitative estimate of drug-likeness (QED) is 0.877. The van der Waals surface area contributed by atoms with Crippen molar-refractivity contribution >= 4 is 0 Å². The highest BCUT2D eigenvalue weighted by atomic mass is 16.5. The number of pyridine rings is 2. The van der Waals surface area contributed by atoms with Crippen molar-refractivity contribution in [3.63, 3.8) is 0 Å². The van der Waals surface area contributed by atoms with Crippen LogP contribution in [0.2, 0.25) is 0 Å². The van der Waals surface area contributed by atoms with Crippen LogP contribution in [-0.4, -0.2) is 16.0 Å². The number of rotatable bonds is 6. The zero-order chi connectivity index (χ0) is 14.4. The van der Waals surface area contributed by atoms with Gasteiger partial charge in [0.2, 0.25) is 0 Å². The summed E-state index contributed by atoms with van der Waals surface area (Å²) in [5.74, 6) is 0.778. The average Bonchev–Trinajstić information content (AvgIpc) is 2.44. The summed E-state index contributed by atoms with van der Waals surface area (Å²) in [6.45, 7) is 7.55. The van der Waals surface area contributed by atoms with Crippen LogP contribution in [0.25, 0.3) is 0 Å². The van der Waals surface area contributed by atoms with Gasteiger partial charge in [-0.15, -0.1) is 0 Å². The number of aromatic nitrogens is 2. The van der Waals surface area contributed by atoms with E-state index >= 15 is 0 Å². The third-order valence-corrected chi connectivity index (χ3v) is 2.83. The van der Waals surface area contributed by atoms with E-state index in [0.717, 1.165) is 29.1 Å². The molecule has 106 valence electrons. The lowest BCUT2D eigenvalue weighted by Gasteiger charge is -2.09. The SMILES string of the molecule is Cc1cncc(COc2ccc(CNC(C)C)nc2)c1. The minimum atomic E-state index is 0.460. The zero-order valence-corrected chi connectivity index (χ0v) is 12.3. The van der Waals surface area contributed by atoms with E-state index in [2.05, 4.69) is 35.2 Å². The van der Waals surface area contributed by atoms with Crippen LogP contribution in [0, 0.1) is 6.92 Å². The highest BCUT2D eigenvalue weighted by Gasteiger charge is 2.00. The van der Waals surface area contributed by atoms with Gasteiger partial charge in [-0.05, 0) is 30.7 Å². The number of nitrogens with one attached hydrogen (secondary N) is 1. The molecule has 0 bridgehead atoms. The second kappa shape index (κ2) is 7.01. The van der Waals surface area contributed by atoms with Crippen molar-refractivity contribution in [2.24, 2.45) is 0 Å². The Morgan fingerprint density at radius 1 is 1.20 bits per heavy atom. The highest BCUT2D eigenvalue weighted by molar-refractivity contribution is 5.21. The van der Waals surface area contributed by atoms with Crippen LogP contribution in [-0.2, 0) is 13.2 Å². The molecule has 0 atom stereocenters. The van der Waals surface area contributed by atoms with E-state index in [9.17, 15) is 0 Å². The smallest absolute Gasteiger partial charge is 0.138 e. The molecule has 2 heterocycles. The Labute approximate surface area is 120 Å². The third kappa shape index (κ3) is 4.63. The fourth-order valence-corrected chi connectivity index (χ4v) is 1.77. The molecule has 4 heteroatoms. The predicted molar refractivity (Wildman–Crippen MR) is 79.5 cm³/mol.